The van der Waals surface area contributed by atoms with Gasteiger partial charge in [0.2, 0.25) is 0 Å². The standard InChI is InChI=1S/2C18H18F3N5O/c2*1-3-13(12-7-6-11(8-22-12)18(19,20)21)26-16-14(15(25-26)10-4-5-10)17(27)24-9(2)23-16/h2*6-8,10,13H,3-5H2,1-2H3,(H,23,24,27)/t2*13-/m10/s1. The molecule has 0 unspecified atom stereocenters. The molecule has 2 saturated carbocycles. The predicted molar refractivity (Wildman–Crippen MR) is 185 cm³/mol. The molecule has 6 aromatic rings. The number of aromatic amines is 2. The summed E-state index contributed by atoms with van der Waals surface area (Å²) in [4.78, 5) is 47.3. The van der Waals surface area contributed by atoms with Crippen LogP contribution in [0.5, 0.6) is 0 Å². The molecule has 18 heteroatoms. The number of nitrogens with zero attached hydrogens (tertiary/aromatic N) is 8. The summed E-state index contributed by atoms with van der Waals surface area (Å²) in [6, 6.07) is 3.95. The number of halogens is 6. The van der Waals surface area contributed by atoms with Crippen LogP contribution in [0, 0.1) is 13.8 Å². The van der Waals surface area contributed by atoms with Gasteiger partial charge in [0.15, 0.2) is 11.3 Å². The second-order valence-electron chi connectivity index (χ2n) is 13.7. The van der Waals surface area contributed by atoms with Gasteiger partial charge in [-0.25, -0.2) is 19.3 Å². The van der Waals surface area contributed by atoms with E-state index in [1.165, 1.54) is 12.1 Å². The number of hydrogen-bond acceptors (Lipinski definition) is 8. The van der Waals surface area contributed by atoms with Crippen LogP contribution in [0.3, 0.4) is 0 Å². The highest BCUT2D eigenvalue weighted by atomic mass is 19.4. The van der Waals surface area contributed by atoms with Gasteiger partial charge in [0.05, 0.1) is 46.0 Å². The number of aryl methyl sites for hydroxylation is 2. The zero-order chi connectivity index (χ0) is 38.7. The minimum Gasteiger partial charge on any atom is -0.310 e. The van der Waals surface area contributed by atoms with Crippen LogP contribution < -0.4 is 11.1 Å². The predicted octanol–water partition coefficient (Wildman–Crippen LogP) is 7.44. The van der Waals surface area contributed by atoms with Gasteiger partial charge in [0.25, 0.3) is 11.1 Å². The lowest BCUT2D eigenvalue weighted by molar-refractivity contribution is -0.138. The summed E-state index contributed by atoms with van der Waals surface area (Å²) in [6.07, 6.45) is -2.24. The molecular weight excluding hydrogens is 718 g/mol. The lowest BCUT2D eigenvalue weighted by atomic mass is 10.1. The van der Waals surface area contributed by atoms with Crippen LogP contribution >= 0.6 is 0 Å². The van der Waals surface area contributed by atoms with Gasteiger partial charge in [-0.2, -0.15) is 36.5 Å². The smallest absolute Gasteiger partial charge is 0.310 e. The Kier molecular flexibility index (Phi) is 9.42. The molecule has 0 saturated heterocycles. The monoisotopic (exact) mass is 754 g/mol. The number of fused-ring (bicyclic) bond motifs is 2. The number of H-pyrrole nitrogens is 2. The van der Waals surface area contributed by atoms with Gasteiger partial charge in [-0.3, -0.25) is 19.6 Å². The van der Waals surface area contributed by atoms with Crippen molar-refractivity contribution >= 4 is 22.1 Å². The van der Waals surface area contributed by atoms with Gasteiger partial charge < -0.3 is 9.97 Å². The molecule has 0 aliphatic heterocycles. The minimum absolute atomic E-state index is 0.234. The van der Waals surface area contributed by atoms with E-state index in [0.717, 1.165) is 50.2 Å². The van der Waals surface area contributed by atoms with E-state index in [0.29, 0.717) is 69.3 Å². The van der Waals surface area contributed by atoms with E-state index < -0.39 is 35.6 Å². The van der Waals surface area contributed by atoms with Crippen molar-refractivity contribution in [2.75, 3.05) is 0 Å². The highest BCUT2D eigenvalue weighted by Gasteiger charge is 2.36. The highest BCUT2D eigenvalue weighted by molar-refractivity contribution is 5.79. The van der Waals surface area contributed by atoms with Gasteiger partial charge in [-0.15, -0.1) is 0 Å². The Labute approximate surface area is 303 Å². The van der Waals surface area contributed by atoms with Gasteiger partial charge in [0, 0.05) is 24.2 Å². The van der Waals surface area contributed by atoms with E-state index in [1.54, 1.807) is 23.2 Å². The van der Waals surface area contributed by atoms with E-state index in [-0.39, 0.29) is 23.0 Å². The number of alkyl halides is 6. The Morgan fingerprint density at radius 3 is 1.31 bits per heavy atom. The quantitative estimate of drug-likeness (QED) is 0.152. The van der Waals surface area contributed by atoms with E-state index in [1.807, 2.05) is 13.8 Å². The first-order valence-corrected chi connectivity index (χ1v) is 17.6. The topological polar surface area (TPSA) is 153 Å². The van der Waals surface area contributed by atoms with Crippen molar-refractivity contribution in [2.45, 2.75) is 102 Å². The average molecular weight is 755 g/mol. The van der Waals surface area contributed by atoms with Crippen LogP contribution in [0.2, 0.25) is 0 Å². The van der Waals surface area contributed by atoms with Crippen LogP contribution in [-0.4, -0.2) is 49.5 Å². The van der Waals surface area contributed by atoms with Crippen LogP contribution in [0.25, 0.3) is 22.1 Å². The van der Waals surface area contributed by atoms with Gasteiger partial charge in [0.1, 0.15) is 22.4 Å². The maximum absolute atomic E-state index is 12.8. The molecule has 54 heavy (non-hydrogen) atoms. The summed E-state index contributed by atoms with van der Waals surface area (Å²) in [5, 5.41) is 10.2. The van der Waals surface area contributed by atoms with Gasteiger partial charge >= 0.3 is 12.4 Å². The third-order valence-corrected chi connectivity index (χ3v) is 9.62. The highest BCUT2D eigenvalue weighted by Crippen LogP contribution is 2.43. The van der Waals surface area contributed by atoms with Crippen LogP contribution in [-0.2, 0) is 12.4 Å². The molecule has 6 aromatic heterocycles. The fraction of sp³-hybridized carbons (Fsp3) is 0.444. The van der Waals surface area contributed by atoms with Crippen molar-refractivity contribution < 1.29 is 26.3 Å². The maximum atomic E-state index is 12.8. The Hall–Kier alpha value is -5.42. The molecule has 12 nitrogen and oxygen atoms in total. The van der Waals surface area contributed by atoms with Crippen molar-refractivity contribution in [3.8, 4) is 0 Å². The second kappa shape index (κ2) is 13.8. The molecule has 2 atom stereocenters. The first-order valence-electron chi connectivity index (χ1n) is 17.6. The van der Waals surface area contributed by atoms with Crippen molar-refractivity contribution in [1.29, 1.82) is 0 Å². The molecule has 2 aliphatic rings. The molecule has 2 fully saturated rings. The molecule has 0 radical (unpaired) electrons. The van der Waals surface area contributed by atoms with Crippen molar-refractivity contribution in [1.82, 2.24) is 49.5 Å². The van der Waals surface area contributed by atoms with Crippen molar-refractivity contribution in [2.24, 2.45) is 0 Å². The molecule has 0 spiro atoms. The number of aromatic nitrogens is 10. The summed E-state index contributed by atoms with van der Waals surface area (Å²) < 4.78 is 80.2. The molecule has 8 rings (SSSR count). The van der Waals surface area contributed by atoms with Gasteiger partial charge in [-0.05, 0) is 76.6 Å². The van der Waals surface area contributed by atoms with Crippen LogP contribution in [0.4, 0.5) is 26.3 Å². The molecule has 6 heterocycles. The van der Waals surface area contributed by atoms with E-state index in [9.17, 15) is 35.9 Å². The largest absolute Gasteiger partial charge is 0.417 e. The molecule has 2 aliphatic carbocycles. The number of pyridine rings is 2. The Morgan fingerprint density at radius 2 is 1.04 bits per heavy atom. The second-order valence-corrected chi connectivity index (χ2v) is 13.7. The average Bonchev–Trinajstić information content (AvgIpc) is 4.05. The first kappa shape index (κ1) is 36.9. The lowest BCUT2D eigenvalue weighted by Crippen LogP contribution is -2.16. The molecular formula is C36H36F6N10O2. The summed E-state index contributed by atoms with van der Waals surface area (Å²) in [5.74, 6) is 1.40. The fourth-order valence-corrected chi connectivity index (χ4v) is 6.64. The third kappa shape index (κ3) is 7.12. The van der Waals surface area contributed by atoms with Crippen LogP contribution in [0.1, 0.15) is 122 Å². The zero-order valence-electron chi connectivity index (χ0n) is 29.7. The minimum atomic E-state index is -4.43. The van der Waals surface area contributed by atoms with E-state index >= 15 is 0 Å². The molecule has 0 amide bonds. The zero-order valence-corrected chi connectivity index (χ0v) is 29.7. The number of hydrogen-bond donors (Lipinski definition) is 2. The molecule has 0 bridgehead atoms. The Balaban J connectivity index is 0.000000167. The Bertz CT molecular complexity index is 2270. The molecule has 284 valence electrons. The normalized spacial score (nSPS) is 16.0. The SMILES string of the molecule is CC[C@@H](c1ccc(C(F)(F)F)cn1)n1nc(C2CC2)c2c(=O)[nH]c(C)nc21.CC[C@H](c1ccc(C(F)(F)F)cn1)n1nc(C2CC2)c2c(=O)[nH]c(C)nc21. The lowest BCUT2D eigenvalue weighted by Gasteiger charge is -2.16. The summed E-state index contributed by atoms with van der Waals surface area (Å²) in [6.45, 7) is 7.17. The molecule has 2 N–H and O–H groups in total. The Morgan fingerprint density at radius 1 is 0.667 bits per heavy atom. The summed E-state index contributed by atoms with van der Waals surface area (Å²) >= 11 is 0. The number of nitrogens with one attached hydrogen (secondary N) is 2. The van der Waals surface area contributed by atoms with Gasteiger partial charge in [-0.1, -0.05) is 13.8 Å². The summed E-state index contributed by atoms with van der Waals surface area (Å²) in [7, 11) is 0. The third-order valence-electron chi connectivity index (χ3n) is 9.62. The van der Waals surface area contributed by atoms with Crippen molar-refractivity contribution in [3.63, 3.8) is 0 Å². The molecule has 0 aromatic carbocycles. The fourth-order valence-electron chi connectivity index (χ4n) is 6.64. The first-order chi connectivity index (χ1) is 25.6. The van der Waals surface area contributed by atoms with Crippen LogP contribution in [0.15, 0.2) is 46.2 Å². The summed E-state index contributed by atoms with van der Waals surface area (Å²) in [5.41, 5.74) is 1.17. The van der Waals surface area contributed by atoms with E-state index in [2.05, 4.69) is 40.1 Å². The van der Waals surface area contributed by atoms with E-state index in [4.69, 9.17) is 0 Å². The maximum Gasteiger partial charge on any atom is 0.417 e. The van der Waals surface area contributed by atoms with Crippen molar-refractivity contribution in [3.05, 3.63) is 103 Å². The number of rotatable bonds is 8.